The van der Waals surface area contributed by atoms with E-state index in [1.165, 1.54) is 11.1 Å². The van der Waals surface area contributed by atoms with Crippen molar-refractivity contribution in [2.45, 2.75) is 39.7 Å². The highest BCUT2D eigenvalue weighted by atomic mass is 15.1. The molecule has 0 atom stereocenters. The van der Waals surface area contributed by atoms with Crippen molar-refractivity contribution in [3.63, 3.8) is 0 Å². The Labute approximate surface area is 128 Å². The zero-order chi connectivity index (χ0) is 15.5. The SMILES string of the molecule is CCN(Cc1ccc(C(C)(C)C)cc1)c1ccccc1N. The van der Waals surface area contributed by atoms with Crippen molar-refractivity contribution in [1.82, 2.24) is 0 Å². The Morgan fingerprint density at radius 3 is 2.10 bits per heavy atom. The summed E-state index contributed by atoms with van der Waals surface area (Å²) in [5, 5.41) is 0. The monoisotopic (exact) mass is 282 g/mol. The summed E-state index contributed by atoms with van der Waals surface area (Å²) >= 11 is 0. The maximum absolute atomic E-state index is 6.09. The molecular weight excluding hydrogens is 256 g/mol. The highest BCUT2D eigenvalue weighted by molar-refractivity contribution is 5.67. The Morgan fingerprint density at radius 1 is 0.952 bits per heavy atom. The molecule has 21 heavy (non-hydrogen) atoms. The van der Waals surface area contributed by atoms with E-state index in [4.69, 9.17) is 5.73 Å². The summed E-state index contributed by atoms with van der Waals surface area (Å²) in [5.74, 6) is 0. The second-order valence-electron chi connectivity index (χ2n) is 6.52. The van der Waals surface area contributed by atoms with Crippen LogP contribution >= 0.6 is 0 Å². The van der Waals surface area contributed by atoms with E-state index in [9.17, 15) is 0 Å². The van der Waals surface area contributed by atoms with Gasteiger partial charge in [-0.05, 0) is 35.6 Å². The standard InChI is InChI=1S/C19H26N2/c1-5-21(18-9-7-6-8-17(18)20)14-15-10-12-16(13-11-15)19(2,3)4/h6-13H,5,14,20H2,1-4H3. The first-order valence-corrected chi connectivity index (χ1v) is 7.60. The summed E-state index contributed by atoms with van der Waals surface area (Å²) in [5.41, 5.74) is 10.9. The number of para-hydroxylation sites is 2. The predicted molar refractivity (Wildman–Crippen MR) is 92.7 cm³/mol. The van der Waals surface area contributed by atoms with Crippen LogP contribution in [0.1, 0.15) is 38.8 Å². The zero-order valence-electron chi connectivity index (χ0n) is 13.6. The van der Waals surface area contributed by atoms with Gasteiger partial charge < -0.3 is 10.6 Å². The molecule has 0 radical (unpaired) electrons. The minimum Gasteiger partial charge on any atom is -0.397 e. The molecule has 0 heterocycles. The summed E-state index contributed by atoms with van der Waals surface area (Å²) in [7, 11) is 0. The molecule has 0 saturated carbocycles. The van der Waals surface area contributed by atoms with Gasteiger partial charge >= 0.3 is 0 Å². The molecule has 0 aliphatic rings. The van der Waals surface area contributed by atoms with Gasteiger partial charge in [0.15, 0.2) is 0 Å². The second kappa shape index (κ2) is 6.21. The van der Waals surface area contributed by atoms with Gasteiger partial charge in [-0.2, -0.15) is 0 Å². The van der Waals surface area contributed by atoms with Crippen molar-refractivity contribution in [2.24, 2.45) is 0 Å². The van der Waals surface area contributed by atoms with E-state index in [2.05, 4.69) is 62.9 Å². The third-order valence-electron chi connectivity index (χ3n) is 3.85. The number of nitrogen functional groups attached to an aromatic ring is 1. The van der Waals surface area contributed by atoms with Gasteiger partial charge in [-0.3, -0.25) is 0 Å². The first-order valence-electron chi connectivity index (χ1n) is 7.60. The molecule has 0 aliphatic heterocycles. The minimum atomic E-state index is 0.201. The van der Waals surface area contributed by atoms with Gasteiger partial charge in [-0.15, -0.1) is 0 Å². The third kappa shape index (κ3) is 3.78. The minimum absolute atomic E-state index is 0.201. The van der Waals surface area contributed by atoms with E-state index in [0.29, 0.717) is 0 Å². The van der Waals surface area contributed by atoms with Gasteiger partial charge in [0.1, 0.15) is 0 Å². The Kier molecular flexibility index (Phi) is 4.56. The first-order chi connectivity index (χ1) is 9.91. The number of anilines is 2. The fourth-order valence-corrected chi connectivity index (χ4v) is 2.47. The van der Waals surface area contributed by atoms with Crippen LogP contribution < -0.4 is 10.6 Å². The van der Waals surface area contributed by atoms with Crippen LogP contribution in [0.4, 0.5) is 11.4 Å². The third-order valence-corrected chi connectivity index (χ3v) is 3.85. The second-order valence-corrected chi connectivity index (χ2v) is 6.52. The molecule has 0 spiro atoms. The van der Waals surface area contributed by atoms with Crippen LogP contribution in [0.3, 0.4) is 0 Å². The molecule has 0 fully saturated rings. The van der Waals surface area contributed by atoms with Crippen LogP contribution in [-0.2, 0) is 12.0 Å². The van der Waals surface area contributed by atoms with Gasteiger partial charge in [0.05, 0.1) is 11.4 Å². The average Bonchev–Trinajstić information content (AvgIpc) is 2.45. The summed E-state index contributed by atoms with van der Waals surface area (Å²) in [6, 6.07) is 17.0. The van der Waals surface area contributed by atoms with Crippen LogP contribution in [-0.4, -0.2) is 6.54 Å². The number of nitrogens with zero attached hydrogens (tertiary/aromatic N) is 1. The van der Waals surface area contributed by atoms with E-state index in [0.717, 1.165) is 24.5 Å². The lowest BCUT2D eigenvalue weighted by Gasteiger charge is -2.25. The molecule has 2 nitrogen and oxygen atoms in total. The summed E-state index contributed by atoms with van der Waals surface area (Å²) in [4.78, 5) is 2.31. The van der Waals surface area contributed by atoms with Crippen LogP contribution in [0.15, 0.2) is 48.5 Å². The fourth-order valence-electron chi connectivity index (χ4n) is 2.47. The van der Waals surface area contributed by atoms with Crippen molar-refractivity contribution in [3.05, 3.63) is 59.7 Å². The normalized spacial score (nSPS) is 11.4. The van der Waals surface area contributed by atoms with Gasteiger partial charge in [0, 0.05) is 13.1 Å². The lowest BCUT2D eigenvalue weighted by Crippen LogP contribution is -2.23. The molecule has 0 amide bonds. The molecule has 2 aromatic carbocycles. The van der Waals surface area contributed by atoms with Gasteiger partial charge in [0.25, 0.3) is 0 Å². The molecule has 112 valence electrons. The molecule has 0 saturated heterocycles. The van der Waals surface area contributed by atoms with Crippen LogP contribution in [0.2, 0.25) is 0 Å². The van der Waals surface area contributed by atoms with Crippen LogP contribution in [0, 0.1) is 0 Å². The van der Waals surface area contributed by atoms with E-state index in [1.807, 2.05) is 18.2 Å². The molecule has 0 aromatic heterocycles. The summed E-state index contributed by atoms with van der Waals surface area (Å²) in [6.45, 7) is 10.7. The molecule has 2 aromatic rings. The van der Waals surface area contributed by atoms with Crippen molar-refractivity contribution in [1.29, 1.82) is 0 Å². The smallest absolute Gasteiger partial charge is 0.0602 e. The highest BCUT2D eigenvalue weighted by Gasteiger charge is 2.13. The quantitative estimate of drug-likeness (QED) is 0.831. The average molecular weight is 282 g/mol. The Balaban J connectivity index is 2.18. The Hall–Kier alpha value is -1.96. The number of hydrogen-bond donors (Lipinski definition) is 1. The molecule has 0 unspecified atom stereocenters. The van der Waals surface area contributed by atoms with Crippen molar-refractivity contribution >= 4 is 11.4 Å². The Bertz CT molecular complexity index is 579. The number of benzene rings is 2. The fraction of sp³-hybridized carbons (Fsp3) is 0.368. The zero-order valence-corrected chi connectivity index (χ0v) is 13.6. The van der Waals surface area contributed by atoms with Crippen molar-refractivity contribution < 1.29 is 0 Å². The van der Waals surface area contributed by atoms with Gasteiger partial charge in [-0.1, -0.05) is 57.2 Å². The van der Waals surface area contributed by atoms with Crippen molar-refractivity contribution in [3.8, 4) is 0 Å². The van der Waals surface area contributed by atoms with E-state index < -0.39 is 0 Å². The van der Waals surface area contributed by atoms with E-state index in [1.54, 1.807) is 0 Å². The van der Waals surface area contributed by atoms with E-state index in [-0.39, 0.29) is 5.41 Å². The molecule has 2 heteroatoms. The van der Waals surface area contributed by atoms with Gasteiger partial charge in [-0.25, -0.2) is 0 Å². The maximum atomic E-state index is 6.09. The van der Waals surface area contributed by atoms with E-state index >= 15 is 0 Å². The maximum Gasteiger partial charge on any atom is 0.0602 e. The molecule has 2 N–H and O–H groups in total. The Morgan fingerprint density at radius 2 is 1.57 bits per heavy atom. The van der Waals surface area contributed by atoms with Crippen LogP contribution in [0.25, 0.3) is 0 Å². The van der Waals surface area contributed by atoms with Crippen LogP contribution in [0.5, 0.6) is 0 Å². The summed E-state index contributed by atoms with van der Waals surface area (Å²) < 4.78 is 0. The lowest BCUT2D eigenvalue weighted by atomic mass is 9.87. The lowest BCUT2D eigenvalue weighted by molar-refractivity contribution is 0.590. The molecular formula is C19H26N2. The number of hydrogen-bond acceptors (Lipinski definition) is 2. The number of rotatable bonds is 4. The molecule has 0 aliphatic carbocycles. The molecule has 0 bridgehead atoms. The van der Waals surface area contributed by atoms with Gasteiger partial charge in [0.2, 0.25) is 0 Å². The highest BCUT2D eigenvalue weighted by Crippen LogP contribution is 2.26. The number of nitrogens with two attached hydrogens (primary N) is 1. The predicted octanol–water partition coefficient (Wildman–Crippen LogP) is 4.59. The largest absolute Gasteiger partial charge is 0.397 e. The van der Waals surface area contributed by atoms with Crippen molar-refractivity contribution in [2.75, 3.05) is 17.2 Å². The molecule has 2 rings (SSSR count). The summed E-state index contributed by atoms with van der Waals surface area (Å²) in [6.07, 6.45) is 0. The topological polar surface area (TPSA) is 29.3 Å². The first kappa shape index (κ1) is 15.4.